The monoisotopic (exact) mass is 264 g/mol. The van der Waals surface area contributed by atoms with Crippen LogP contribution in [0, 0.1) is 5.92 Å². The van der Waals surface area contributed by atoms with Crippen molar-refractivity contribution < 1.29 is 19.4 Å². The highest BCUT2D eigenvalue weighted by molar-refractivity contribution is 5.68. The Morgan fingerprint density at radius 2 is 2.16 bits per heavy atom. The van der Waals surface area contributed by atoms with Crippen LogP contribution in [-0.4, -0.2) is 25.3 Å². The third kappa shape index (κ3) is 3.26. The largest absolute Gasteiger partial charge is 0.496 e. The lowest BCUT2D eigenvalue weighted by atomic mass is 9.89. The van der Waals surface area contributed by atoms with Crippen LogP contribution in [0.25, 0.3) is 0 Å². The summed E-state index contributed by atoms with van der Waals surface area (Å²) in [5.41, 5.74) is 1.97. The summed E-state index contributed by atoms with van der Waals surface area (Å²) in [6.07, 6.45) is 2.38. The molecule has 1 aromatic rings. The molecule has 0 aromatic heterocycles. The number of hydrogen-bond acceptors (Lipinski definition) is 3. The van der Waals surface area contributed by atoms with Crippen molar-refractivity contribution in [1.29, 1.82) is 0 Å². The maximum Gasteiger partial charge on any atom is 0.303 e. The Balaban J connectivity index is 2.34. The number of aliphatic carboxylic acids is 1. The highest BCUT2D eigenvalue weighted by Gasteiger charge is 2.35. The van der Waals surface area contributed by atoms with Crippen molar-refractivity contribution in [3.63, 3.8) is 0 Å². The van der Waals surface area contributed by atoms with E-state index in [1.807, 2.05) is 18.2 Å². The van der Waals surface area contributed by atoms with E-state index in [1.165, 1.54) is 0 Å². The Bertz CT molecular complexity index is 451. The second kappa shape index (κ2) is 6.06. The highest BCUT2D eigenvalue weighted by atomic mass is 16.5. The SMILES string of the molecule is COCc1cccc(C(CC(=O)O)C2CC2)c1OC. The van der Waals surface area contributed by atoms with Gasteiger partial charge < -0.3 is 14.6 Å². The van der Waals surface area contributed by atoms with Crippen LogP contribution in [0.3, 0.4) is 0 Å². The highest BCUT2D eigenvalue weighted by Crippen LogP contribution is 2.47. The van der Waals surface area contributed by atoms with Crippen LogP contribution in [0.4, 0.5) is 0 Å². The second-order valence-corrected chi connectivity index (χ2v) is 5.01. The van der Waals surface area contributed by atoms with Crippen molar-refractivity contribution in [1.82, 2.24) is 0 Å². The molecule has 4 heteroatoms. The molecule has 1 aliphatic rings. The van der Waals surface area contributed by atoms with Gasteiger partial charge in [0.2, 0.25) is 0 Å². The van der Waals surface area contributed by atoms with Gasteiger partial charge in [0.15, 0.2) is 0 Å². The standard InChI is InChI=1S/C15H20O4/c1-18-9-11-4-3-5-12(15(11)19-2)13(8-14(16)17)10-6-7-10/h3-5,10,13H,6-9H2,1-2H3,(H,16,17). The number of hydrogen-bond donors (Lipinski definition) is 1. The summed E-state index contributed by atoms with van der Waals surface area (Å²) < 4.78 is 10.7. The molecule has 0 radical (unpaired) electrons. The zero-order chi connectivity index (χ0) is 13.8. The third-order valence-electron chi connectivity index (χ3n) is 3.62. The van der Waals surface area contributed by atoms with Gasteiger partial charge in [-0.2, -0.15) is 0 Å². The van der Waals surface area contributed by atoms with Gasteiger partial charge in [-0.05, 0) is 24.3 Å². The molecule has 1 atom stereocenters. The fourth-order valence-electron chi connectivity index (χ4n) is 2.63. The first-order valence-electron chi connectivity index (χ1n) is 6.53. The smallest absolute Gasteiger partial charge is 0.303 e. The van der Waals surface area contributed by atoms with Crippen molar-refractivity contribution in [2.45, 2.75) is 31.8 Å². The molecule has 19 heavy (non-hydrogen) atoms. The van der Waals surface area contributed by atoms with Gasteiger partial charge in [-0.15, -0.1) is 0 Å². The van der Waals surface area contributed by atoms with Gasteiger partial charge in [0, 0.05) is 18.6 Å². The molecule has 4 nitrogen and oxygen atoms in total. The number of ether oxygens (including phenoxy) is 2. The predicted octanol–water partition coefficient (Wildman–Crippen LogP) is 2.81. The number of rotatable bonds is 7. The van der Waals surface area contributed by atoms with Crippen molar-refractivity contribution in [2.75, 3.05) is 14.2 Å². The van der Waals surface area contributed by atoms with Gasteiger partial charge in [0.25, 0.3) is 0 Å². The van der Waals surface area contributed by atoms with Gasteiger partial charge >= 0.3 is 5.97 Å². The van der Waals surface area contributed by atoms with E-state index < -0.39 is 5.97 Å². The number of methoxy groups -OCH3 is 2. The minimum absolute atomic E-state index is 0.0456. The van der Waals surface area contributed by atoms with Crippen LogP contribution in [0.1, 0.15) is 36.3 Å². The topological polar surface area (TPSA) is 55.8 Å². The van der Waals surface area contributed by atoms with Crippen molar-refractivity contribution in [3.05, 3.63) is 29.3 Å². The number of carboxylic acids is 1. The number of carboxylic acid groups (broad SMARTS) is 1. The van der Waals surface area contributed by atoms with E-state index in [-0.39, 0.29) is 12.3 Å². The average Bonchev–Trinajstić information content (AvgIpc) is 3.20. The first-order chi connectivity index (χ1) is 9.17. The molecule has 1 fully saturated rings. The number of carbonyl (C=O) groups is 1. The summed E-state index contributed by atoms with van der Waals surface area (Å²) in [6, 6.07) is 5.88. The quantitative estimate of drug-likeness (QED) is 0.822. The van der Waals surface area contributed by atoms with Gasteiger partial charge in [-0.3, -0.25) is 4.79 Å². The summed E-state index contributed by atoms with van der Waals surface area (Å²) in [4.78, 5) is 11.1. The van der Waals surface area contributed by atoms with E-state index >= 15 is 0 Å². The van der Waals surface area contributed by atoms with Gasteiger partial charge in [-0.1, -0.05) is 18.2 Å². The predicted molar refractivity (Wildman–Crippen MR) is 71.4 cm³/mol. The van der Waals surface area contributed by atoms with Gasteiger partial charge in [-0.25, -0.2) is 0 Å². The molecule has 2 rings (SSSR count). The van der Waals surface area contributed by atoms with Crippen LogP contribution in [0.15, 0.2) is 18.2 Å². The lowest BCUT2D eigenvalue weighted by Gasteiger charge is -2.20. The molecular formula is C15H20O4. The van der Waals surface area contributed by atoms with E-state index in [4.69, 9.17) is 14.6 Å². The molecule has 0 spiro atoms. The first kappa shape index (κ1) is 13.9. The van der Waals surface area contributed by atoms with Crippen LogP contribution < -0.4 is 4.74 Å². The molecule has 1 N–H and O–H groups in total. The van der Waals surface area contributed by atoms with Crippen LogP contribution in [0.2, 0.25) is 0 Å². The van der Waals surface area contributed by atoms with Crippen molar-refractivity contribution in [2.24, 2.45) is 5.92 Å². The molecule has 0 aliphatic heterocycles. The Morgan fingerprint density at radius 3 is 2.68 bits per heavy atom. The lowest BCUT2D eigenvalue weighted by molar-refractivity contribution is -0.137. The van der Waals surface area contributed by atoms with Crippen molar-refractivity contribution >= 4 is 5.97 Å². The van der Waals surface area contributed by atoms with Gasteiger partial charge in [0.05, 0.1) is 20.1 Å². The maximum absolute atomic E-state index is 11.1. The molecule has 0 amide bonds. The van der Waals surface area contributed by atoms with Gasteiger partial charge in [0.1, 0.15) is 5.75 Å². The van der Waals surface area contributed by atoms with Crippen LogP contribution in [0.5, 0.6) is 5.75 Å². The molecule has 0 bridgehead atoms. The first-order valence-corrected chi connectivity index (χ1v) is 6.53. The van der Waals surface area contributed by atoms with Crippen LogP contribution in [-0.2, 0) is 16.1 Å². The van der Waals surface area contributed by atoms with Crippen LogP contribution >= 0.6 is 0 Å². The summed E-state index contributed by atoms with van der Waals surface area (Å²) in [7, 11) is 3.27. The van der Waals surface area contributed by atoms with E-state index in [2.05, 4.69) is 0 Å². The normalized spacial score (nSPS) is 16.1. The van der Waals surface area contributed by atoms with E-state index in [9.17, 15) is 4.79 Å². The summed E-state index contributed by atoms with van der Waals surface area (Å²) in [5.74, 6) is 0.547. The fourth-order valence-corrected chi connectivity index (χ4v) is 2.63. The molecule has 0 heterocycles. The minimum Gasteiger partial charge on any atom is -0.496 e. The Hall–Kier alpha value is -1.55. The molecule has 1 saturated carbocycles. The zero-order valence-electron chi connectivity index (χ0n) is 11.4. The molecule has 1 unspecified atom stereocenters. The summed E-state index contributed by atoms with van der Waals surface area (Å²) in [5, 5.41) is 9.09. The summed E-state index contributed by atoms with van der Waals surface area (Å²) in [6.45, 7) is 0.474. The second-order valence-electron chi connectivity index (χ2n) is 5.01. The molecule has 1 aliphatic carbocycles. The maximum atomic E-state index is 11.1. The third-order valence-corrected chi connectivity index (χ3v) is 3.62. The Labute approximate surface area is 113 Å². The lowest BCUT2D eigenvalue weighted by Crippen LogP contribution is -2.11. The number of benzene rings is 1. The summed E-state index contributed by atoms with van der Waals surface area (Å²) >= 11 is 0. The molecule has 104 valence electrons. The zero-order valence-corrected chi connectivity index (χ0v) is 11.4. The molecular weight excluding hydrogens is 244 g/mol. The fraction of sp³-hybridized carbons (Fsp3) is 0.533. The van der Waals surface area contributed by atoms with E-state index in [0.717, 1.165) is 29.7 Å². The van der Waals surface area contributed by atoms with E-state index in [0.29, 0.717) is 12.5 Å². The van der Waals surface area contributed by atoms with E-state index in [1.54, 1.807) is 14.2 Å². The number of para-hydroxylation sites is 1. The average molecular weight is 264 g/mol. The van der Waals surface area contributed by atoms with Crippen molar-refractivity contribution in [3.8, 4) is 5.75 Å². The Kier molecular flexibility index (Phi) is 4.43. The molecule has 0 saturated heterocycles. The molecule has 1 aromatic carbocycles. The Morgan fingerprint density at radius 1 is 1.42 bits per heavy atom. The minimum atomic E-state index is -0.754.